The summed E-state index contributed by atoms with van der Waals surface area (Å²) >= 11 is 6.19. The van der Waals surface area contributed by atoms with Gasteiger partial charge in [-0.1, -0.05) is 38.3 Å². The number of nitrogens with one attached hydrogen (secondary N) is 1. The maximum Gasteiger partial charge on any atom is 0.137 e. The third-order valence-electron chi connectivity index (χ3n) is 4.18. The van der Waals surface area contributed by atoms with Crippen molar-refractivity contribution in [2.75, 3.05) is 11.9 Å². The molecule has 1 N–H and O–H groups in total. The van der Waals surface area contributed by atoms with Crippen LogP contribution in [0.15, 0.2) is 0 Å². The van der Waals surface area contributed by atoms with Gasteiger partial charge in [-0.2, -0.15) is 0 Å². The number of anilines is 1. The predicted molar refractivity (Wildman–Crippen MR) is 80.8 cm³/mol. The van der Waals surface area contributed by atoms with Crippen molar-refractivity contribution in [2.45, 2.75) is 52.9 Å². The first-order chi connectivity index (χ1) is 9.11. The fourth-order valence-electron chi connectivity index (χ4n) is 2.79. The molecule has 0 saturated heterocycles. The first-order valence-electron chi connectivity index (χ1n) is 7.38. The number of halogens is 1. The van der Waals surface area contributed by atoms with Gasteiger partial charge in [-0.05, 0) is 31.6 Å². The van der Waals surface area contributed by atoms with Gasteiger partial charge in [0.05, 0.1) is 0 Å². The van der Waals surface area contributed by atoms with Gasteiger partial charge >= 0.3 is 0 Å². The Morgan fingerprint density at radius 3 is 2.74 bits per heavy atom. The topological polar surface area (TPSA) is 37.8 Å². The van der Waals surface area contributed by atoms with Crippen LogP contribution in [0.1, 0.15) is 50.9 Å². The van der Waals surface area contributed by atoms with Gasteiger partial charge in [-0.3, -0.25) is 0 Å². The Kier molecular flexibility index (Phi) is 5.03. The summed E-state index contributed by atoms with van der Waals surface area (Å²) < 4.78 is 0. The van der Waals surface area contributed by atoms with Gasteiger partial charge in [0.2, 0.25) is 0 Å². The van der Waals surface area contributed by atoms with Gasteiger partial charge in [0.25, 0.3) is 0 Å². The number of hydrogen-bond donors (Lipinski definition) is 1. The van der Waals surface area contributed by atoms with Crippen LogP contribution < -0.4 is 5.32 Å². The summed E-state index contributed by atoms with van der Waals surface area (Å²) in [5, 5.41) is 4.07. The van der Waals surface area contributed by atoms with E-state index >= 15 is 0 Å². The summed E-state index contributed by atoms with van der Waals surface area (Å²) in [6, 6.07) is 0. The van der Waals surface area contributed by atoms with Crippen LogP contribution in [-0.2, 0) is 6.42 Å². The van der Waals surface area contributed by atoms with E-state index in [0.29, 0.717) is 5.15 Å². The first-order valence-corrected chi connectivity index (χ1v) is 7.76. The zero-order valence-corrected chi connectivity index (χ0v) is 12.9. The number of aromatic nitrogens is 2. The lowest BCUT2D eigenvalue weighted by Gasteiger charge is -2.18. The summed E-state index contributed by atoms with van der Waals surface area (Å²) in [5.74, 6) is 3.35. The van der Waals surface area contributed by atoms with Crippen LogP contribution in [0, 0.1) is 18.8 Å². The second-order valence-electron chi connectivity index (χ2n) is 5.70. The van der Waals surface area contributed by atoms with Crippen molar-refractivity contribution in [3.05, 3.63) is 16.5 Å². The van der Waals surface area contributed by atoms with Gasteiger partial charge in [0.1, 0.15) is 16.8 Å². The molecule has 19 heavy (non-hydrogen) atoms. The SMILES string of the molecule is CCCc1nc(Cl)c(C)c(NCC2CCCC2C)n1. The molecule has 1 aromatic rings. The molecule has 0 bridgehead atoms. The number of hydrogen-bond acceptors (Lipinski definition) is 3. The first kappa shape index (κ1) is 14.6. The monoisotopic (exact) mass is 281 g/mol. The Labute approximate surface area is 121 Å². The van der Waals surface area contributed by atoms with Crippen LogP contribution in [-0.4, -0.2) is 16.5 Å². The standard InChI is InChI=1S/C15H24ClN3/c1-4-6-13-18-14(16)11(3)15(19-13)17-9-12-8-5-7-10(12)2/h10,12H,4-9H2,1-3H3,(H,17,18,19). The minimum absolute atomic E-state index is 0.584. The van der Waals surface area contributed by atoms with Gasteiger partial charge in [-0.15, -0.1) is 0 Å². The highest BCUT2D eigenvalue weighted by molar-refractivity contribution is 6.30. The third-order valence-corrected chi connectivity index (χ3v) is 4.55. The molecule has 106 valence electrons. The second kappa shape index (κ2) is 6.56. The molecule has 2 unspecified atom stereocenters. The molecule has 1 fully saturated rings. The van der Waals surface area contributed by atoms with Crippen molar-refractivity contribution in [2.24, 2.45) is 11.8 Å². The van der Waals surface area contributed by atoms with Crippen LogP contribution in [0.3, 0.4) is 0 Å². The predicted octanol–water partition coefficient (Wildman–Crippen LogP) is 4.24. The fourth-order valence-corrected chi connectivity index (χ4v) is 2.98. The maximum atomic E-state index is 6.19. The van der Waals surface area contributed by atoms with E-state index in [-0.39, 0.29) is 0 Å². The lowest BCUT2D eigenvalue weighted by Crippen LogP contribution is -2.18. The van der Waals surface area contributed by atoms with Crippen molar-refractivity contribution in [1.29, 1.82) is 0 Å². The van der Waals surface area contributed by atoms with E-state index in [0.717, 1.165) is 48.4 Å². The number of aryl methyl sites for hydroxylation is 1. The molecule has 1 aromatic heterocycles. The molecule has 0 amide bonds. The smallest absolute Gasteiger partial charge is 0.137 e. The highest BCUT2D eigenvalue weighted by atomic mass is 35.5. The molecule has 0 aromatic carbocycles. The Bertz CT molecular complexity index is 434. The zero-order valence-electron chi connectivity index (χ0n) is 12.2. The Morgan fingerprint density at radius 2 is 2.11 bits per heavy atom. The minimum Gasteiger partial charge on any atom is -0.369 e. The summed E-state index contributed by atoms with van der Waals surface area (Å²) in [6.07, 6.45) is 5.97. The van der Waals surface area contributed by atoms with Crippen LogP contribution in [0.5, 0.6) is 0 Å². The molecule has 2 atom stereocenters. The Hall–Kier alpha value is -0.830. The van der Waals surface area contributed by atoms with Gasteiger partial charge < -0.3 is 5.32 Å². The summed E-state index contributed by atoms with van der Waals surface area (Å²) in [6.45, 7) is 7.46. The summed E-state index contributed by atoms with van der Waals surface area (Å²) in [7, 11) is 0. The van der Waals surface area contributed by atoms with E-state index in [1.165, 1.54) is 19.3 Å². The quantitative estimate of drug-likeness (QED) is 0.821. The lowest BCUT2D eigenvalue weighted by atomic mass is 9.98. The molecule has 0 aliphatic heterocycles. The molecule has 0 spiro atoms. The van der Waals surface area contributed by atoms with Crippen LogP contribution in [0.4, 0.5) is 5.82 Å². The molecule has 1 aliphatic carbocycles. The molecule has 1 aliphatic rings. The highest BCUT2D eigenvalue weighted by Crippen LogP contribution is 2.31. The third kappa shape index (κ3) is 3.59. The van der Waals surface area contributed by atoms with E-state index in [9.17, 15) is 0 Å². The fraction of sp³-hybridized carbons (Fsp3) is 0.733. The summed E-state index contributed by atoms with van der Waals surface area (Å²) in [4.78, 5) is 8.93. The molecular formula is C15H24ClN3. The molecular weight excluding hydrogens is 258 g/mol. The summed E-state index contributed by atoms with van der Waals surface area (Å²) in [5.41, 5.74) is 0.965. The number of rotatable bonds is 5. The van der Waals surface area contributed by atoms with Crippen LogP contribution >= 0.6 is 11.6 Å². The number of nitrogens with zero attached hydrogens (tertiary/aromatic N) is 2. The molecule has 3 nitrogen and oxygen atoms in total. The van der Waals surface area contributed by atoms with E-state index in [1.807, 2.05) is 6.92 Å². The van der Waals surface area contributed by atoms with Crippen molar-refractivity contribution in [1.82, 2.24) is 9.97 Å². The second-order valence-corrected chi connectivity index (χ2v) is 6.06. The van der Waals surface area contributed by atoms with Gasteiger partial charge in [-0.25, -0.2) is 9.97 Å². The highest BCUT2D eigenvalue weighted by Gasteiger charge is 2.23. The average Bonchev–Trinajstić information content (AvgIpc) is 2.78. The van der Waals surface area contributed by atoms with Gasteiger partial charge in [0, 0.05) is 18.5 Å². The maximum absolute atomic E-state index is 6.19. The lowest BCUT2D eigenvalue weighted by molar-refractivity contribution is 0.439. The largest absolute Gasteiger partial charge is 0.369 e. The molecule has 1 saturated carbocycles. The normalized spacial score (nSPS) is 22.7. The Balaban J connectivity index is 2.06. The van der Waals surface area contributed by atoms with Gasteiger partial charge in [0.15, 0.2) is 0 Å². The zero-order chi connectivity index (χ0) is 13.8. The van der Waals surface area contributed by atoms with Crippen LogP contribution in [0.2, 0.25) is 5.15 Å². The average molecular weight is 282 g/mol. The van der Waals surface area contributed by atoms with Crippen LogP contribution in [0.25, 0.3) is 0 Å². The van der Waals surface area contributed by atoms with E-state index in [2.05, 4.69) is 29.1 Å². The molecule has 2 rings (SSSR count). The van der Waals surface area contributed by atoms with E-state index < -0.39 is 0 Å². The molecule has 4 heteroatoms. The van der Waals surface area contributed by atoms with Crippen molar-refractivity contribution < 1.29 is 0 Å². The van der Waals surface area contributed by atoms with Crippen molar-refractivity contribution >= 4 is 17.4 Å². The van der Waals surface area contributed by atoms with Crippen molar-refractivity contribution in [3.63, 3.8) is 0 Å². The Morgan fingerprint density at radius 1 is 1.32 bits per heavy atom. The minimum atomic E-state index is 0.584. The van der Waals surface area contributed by atoms with E-state index in [1.54, 1.807) is 0 Å². The van der Waals surface area contributed by atoms with Crippen molar-refractivity contribution in [3.8, 4) is 0 Å². The molecule has 1 heterocycles. The molecule has 0 radical (unpaired) electrons. The van der Waals surface area contributed by atoms with E-state index in [4.69, 9.17) is 11.6 Å².